The molecule has 1 aromatic carbocycles. The summed E-state index contributed by atoms with van der Waals surface area (Å²) in [4.78, 5) is 23.6. The van der Waals surface area contributed by atoms with E-state index in [2.05, 4.69) is 4.72 Å². The Hall–Kier alpha value is -1.93. The molecule has 1 aromatic rings. The van der Waals surface area contributed by atoms with Crippen LogP contribution in [-0.2, 0) is 26.0 Å². The zero-order valence-corrected chi connectivity index (χ0v) is 11.0. The van der Waals surface area contributed by atoms with E-state index in [1.54, 1.807) is 13.1 Å². The topological polar surface area (TPSA) is 110 Å². The van der Waals surface area contributed by atoms with Gasteiger partial charge in [0.05, 0.1) is 17.9 Å². The Kier molecular flexibility index (Phi) is 3.29. The van der Waals surface area contributed by atoms with E-state index in [1.807, 2.05) is 0 Å². The van der Waals surface area contributed by atoms with Crippen LogP contribution in [0.2, 0.25) is 0 Å². The van der Waals surface area contributed by atoms with Crippen molar-refractivity contribution in [3.05, 3.63) is 23.8 Å². The van der Waals surface area contributed by atoms with Crippen LogP contribution in [0.25, 0.3) is 0 Å². The van der Waals surface area contributed by atoms with Crippen LogP contribution < -0.4 is 15.4 Å². The van der Waals surface area contributed by atoms with Crippen molar-refractivity contribution in [2.24, 2.45) is 5.73 Å². The highest BCUT2D eigenvalue weighted by molar-refractivity contribution is 7.89. The third-order valence-corrected chi connectivity index (χ3v) is 4.27. The van der Waals surface area contributed by atoms with Gasteiger partial charge in [-0.15, -0.1) is 0 Å². The van der Waals surface area contributed by atoms with Crippen LogP contribution in [0.15, 0.2) is 23.1 Å². The normalized spacial score (nSPS) is 14.6. The minimum absolute atomic E-state index is 0.00981. The molecule has 19 heavy (non-hydrogen) atoms. The number of nitrogens with one attached hydrogen (secondary N) is 1. The van der Waals surface area contributed by atoms with Crippen LogP contribution >= 0.6 is 0 Å². The summed E-state index contributed by atoms with van der Waals surface area (Å²) >= 11 is 0. The van der Waals surface area contributed by atoms with Crippen molar-refractivity contribution in [2.45, 2.75) is 11.3 Å². The molecular weight excluding hydrogens is 270 g/mol. The highest BCUT2D eigenvalue weighted by atomic mass is 32.2. The van der Waals surface area contributed by atoms with Gasteiger partial charge in [-0.3, -0.25) is 9.59 Å². The quantitative estimate of drug-likeness (QED) is 0.736. The molecule has 1 heterocycles. The number of hydrogen-bond donors (Lipinski definition) is 2. The van der Waals surface area contributed by atoms with E-state index in [0.29, 0.717) is 11.3 Å². The number of amides is 2. The summed E-state index contributed by atoms with van der Waals surface area (Å²) < 4.78 is 25.9. The second-order valence-corrected chi connectivity index (χ2v) is 5.98. The van der Waals surface area contributed by atoms with Gasteiger partial charge in [0.1, 0.15) is 0 Å². The van der Waals surface area contributed by atoms with Crippen LogP contribution in [0.5, 0.6) is 0 Å². The Morgan fingerprint density at radius 3 is 2.79 bits per heavy atom. The molecule has 2 amide bonds. The van der Waals surface area contributed by atoms with Crippen molar-refractivity contribution >= 4 is 27.5 Å². The van der Waals surface area contributed by atoms with Crippen LogP contribution in [-0.4, -0.2) is 33.8 Å². The average molecular weight is 283 g/mol. The molecule has 0 aliphatic carbocycles. The molecule has 0 saturated carbocycles. The maximum absolute atomic E-state index is 11.9. The van der Waals surface area contributed by atoms with Gasteiger partial charge >= 0.3 is 0 Å². The molecule has 1 aliphatic rings. The summed E-state index contributed by atoms with van der Waals surface area (Å²) in [6, 6.07) is 4.39. The maximum Gasteiger partial charge on any atom is 0.241 e. The van der Waals surface area contributed by atoms with Gasteiger partial charge in [-0.1, -0.05) is 0 Å². The predicted octanol–water partition coefficient (Wildman–Crippen LogP) is -1.03. The minimum atomic E-state index is -3.79. The third-order valence-electron chi connectivity index (χ3n) is 2.87. The van der Waals surface area contributed by atoms with Crippen molar-refractivity contribution in [1.29, 1.82) is 0 Å². The Labute approximate surface area is 110 Å². The molecule has 7 nitrogen and oxygen atoms in total. The number of sulfonamides is 1. The highest BCUT2D eigenvalue weighted by Crippen LogP contribution is 2.29. The maximum atomic E-state index is 11.9. The molecule has 2 rings (SSSR count). The van der Waals surface area contributed by atoms with Gasteiger partial charge in [0.2, 0.25) is 21.8 Å². The molecule has 0 saturated heterocycles. The van der Waals surface area contributed by atoms with E-state index >= 15 is 0 Å². The van der Waals surface area contributed by atoms with Gasteiger partial charge < -0.3 is 10.6 Å². The van der Waals surface area contributed by atoms with Gasteiger partial charge in [-0.25, -0.2) is 13.1 Å². The number of primary amides is 1. The van der Waals surface area contributed by atoms with E-state index < -0.39 is 22.5 Å². The zero-order chi connectivity index (χ0) is 14.2. The molecular formula is C11H13N3O4S. The summed E-state index contributed by atoms with van der Waals surface area (Å²) in [5.41, 5.74) is 6.23. The van der Waals surface area contributed by atoms with Crippen LogP contribution in [0.3, 0.4) is 0 Å². The lowest BCUT2D eigenvalue weighted by Crippen LogP contribution is -2.33. The summed E-state index contributed by atoms with van der Waals surface area (Å²) in [5, 5.41) is 0. The molecule has 0 unspecified atom stereocenters. The summed E-state index contributed by atoms with van der Waals surface area (Å²) in [6.45, 7) is -0.460. The van der Waals surface area contributed by atoms with Gasteiger partial charge in [0, 0.05) is 12.7 Å². The van der Waals surface area contributed by atoms with E-state index in [1.165, 1.54) is 17.0 Å². The number of carbonyl (C=O) groups excluding carboxylic acids is 2. The number of carbonyl (C=O) groups is 2. The van der Waals surface area contributed by atoms with E-state index in [4.69, 9.17) is 5.73 Å². The van der Waals surface area contributed by atoms with Gasteiger partial charge in [-0.2, -0.15) is 0 Å². The Morgan fingerprint density at radius 2 is 2.16 bits per heavy atom. The number of likely N-dealkylation sites (N-methyl/N-ethyl adjacent to an activating group) is 1. The van der Waals surface area contributed by atoms with Crippen molar-refractivity contribution in [3.8, 4) is 0 Å². The highest BCUT2D eigenvalue weighted by Gasteiger charge is 2.26. The first-order valence-electron chi connectivity index (χ1n) is 5.49. The lowest BCUT2D eigenvalue weighted by atomic mass is 10.2. The molecule has 0 bridgehead atoms. The lowest BCUT2D eigenvalue weighted by Gasteiger charge is -2.11. The molecule has 8 heteroatoms. The van der Waals surface area contributed by atoms with E-state index in [-0.39, 0.29) is 17.2 Å². The summed E-state index contributed by atoms with van der Waals surface area (Å²) in [6.07, 6.45) is 0.172. The number of rotatable bonds is 4. The molecule has 3 N–H and O–H groups in total. The number of nitrogens with two attached hydrogens (primary N) is 1. The van der Waals surface area contributed by atoms with Crippen molar-refractivity contribution in [2.75, 3.05) is 18.5 Å². The Balaban J connectivity index is 2.31. The molecule has 0 aromatic heterocycles. The number of nitrogens with zero attached hydrogens (tertiary/aromatic N) is 1. The van der Waals surface area contributed by atoms with Gasteiger partial charge in [0.15, 0.2) is 0 Å². The standard InChI is InChI=1S/C11H13N3O4S/c1-14-9-3-2-8(4-7(9)5-11(14)16)19(17,18)13-6-10(12)15/h2-4,13H,5-6H2,1H3,(H2,12,15). The Bertz CT molecular complexity index is 654. The van der Waals surface area contributed by atoms with Gasteiger partial charge in [0.25, 0.3) is 0 Å². The fourth-order valence-corrected chi connectivity index (χ4v) is 2.91. The molecule has 0 spiro atoms. The zero-order valence-electron chi connectivity index (χ0n) is 10.2. The minimum Gasteiger partial charge on any atom is -0.369 e. The van der Waals surface area contributed by atoms with Crippen molar-refractivity contribution in [3.63, 3.8) is 0 Å². The first-order chi connectivity index (χ1) is 8.81. The van der Waals surface area contributed by atoms with Crippen LogP contribution in [0.1, 0.15) is 5.56 Å². The van der Waals surface area contributed by atoms with E-state index in [0.717, 1.165) is 0 Å². The average Bonchev–Trinajstić information content (AvgIpc) is 2.62. The molecule has 102 valence electrons. The van der Waals surface area contributed by atoms with Crippen molar-refractivity contribution in [1.82, 2.24) is 4.72 Å². The van der Waals surface area contributed by atoms with Crippen molar-refractivity contribution < 1.29 is 18.0 Å². The molecule has 0 atom stereocenters. The number of hydrogen-bond acceptors (Lipinski definition) is 4. The van der Waals surface area contributed by atoms with Gasteiger partial charge in [-0.05, 0) is 23.8 Å². The van der Waals surface area contributed by atoms with Crippen LogP contribution in [0.4, 0.5) is 5.69 Å². The fourth-order valence-electron chi connectivity index (χ4n) is 1.86. The number of fused-ring (bicyclic) bond motifs is 1. The monoisotopic (exact) mass is 283 g/mol. The summed E-state index contributed by atoms with van der Waals surface area (Å²) in [7, 11) is -2.16. The largest absolute Gasteiger partial charge is 0.369 e. The smallest absolute Gasteiger partial charge is 0.241 e. The molecule has 1 aliphatic heterocycles. The number of anilines is 1. The first-order valence-corrected chi connectivity index (χ1v) is 6.97. The first kappa shape index (κ1) is 13.5. The Morgan fingerprint density at radius 1 is 1.47 bits per heavy atom. The second-order valence-electron chi connectivity index (χ2n) is 4.21. The lowest BCUT2D eigenvalue weighted by molar-refractivity contribution is -0.117. The third kappa shape index (κ3) is 2.59. The summed E-state index contributed by atoms with van der Waals surface area (Å²) in [5.74, 6) is -0.853. The van der Waals surface area contributed by atoms with E-state index in [9.17, 15) is 18.0 Å². The number of benzene rings is 1. The second kappa shape index (κ2) is 4.63. The molecule has 0 radical (unpaired) electrons. The SMILES string of the molecule is CN1C(=O)Cc2cc(S(=O)(=O)NCC(N)=O)ccc21. The van der Waals surface area contributed by atoms with Crippen LogP contribution in [0, 0.1) is 0 Å². The fraction of sp³-hybridized carbons (Fsp3) is 0.273. The molecule has 0 fully saturated rings. The predicted molar refractivity (Wildman–Crippen MR) is 67.9 cm³/mol.